The molecule has 3 aromatic rings. The van der Waals surface area contributed by atoms with Crippen molar-refractivity contribution in [1.82, 2.24) is 19.9 Å². The van der Waals surface area contributed by atoms with Crippen LogP contribution in [0.4, 0.5) is 11.6 Å². The quantitative estimate of drug-likeness (QED) is 0.502. The molecular weight excluding hydrogens is 498 g/mol. The van der Waals surface area contributed by atoms with E-state index in [9.17, 15) is 13.2 Å². The predicted molar refractivity (Wildman–Crippen MR) is 141 cm³/mol. The highest BCUT2D eigenvalue weighted by molar-refractivity contribution is 7.92. The van der Waals surface area contributed by atoms with Crippen LogP contribution in [-0.2, 0) is 9.84 Å². The number of anilines is 2. The van der Waals surface area contributed by atoms with Gasteiger partial charge < -0.3 is 10.6 Å². The number of halogens is 1. The summed E-state index contributed by atoms with van der Waals surface area (Å²) in [6, 6.07) is 6.88. The Morgan fingerprint density at radius 1 is 1.14 bits per heavy atom. The van der Waals surface area contributed by atoms with Crippen LogP contribution in [0.25, 0.3) is 11.0 Å². The smallest absolute Gasteiger partial charge is 0.271 e. The third kappa shape index (κ3) is 4.01. The summed E-state index contributed by atoms with van der Waals surface area (Å²) >= 11 is 6.33. The molecule has 10 heteroatoms. The minimum absolute atomic E-state index is 0.107. The van der Waals surface area contributed by atoms with E-state index in [1.165, 1.54) is 0 Å². The molecule has 1 aromatic carbocycles. The monoisotopic (exact) mass is 527 g/mol. The zero-order chi connectivity index (χ0) is 25.1. The average molecular weight is 528 g/mol. The molecule has 2 aliphatic carbocycles. The Morgan fingerprint density at radius 2 is 1.92 bits per heavy atom. The van der Waals surface area contributed by atoms with Gasteiger partial charge in [-0.2, -0.15) is 4.98 Å². The summed E-state index contributed by atoms with van der Waals surface area (Å²) in [4.78, 5) is 22.7. The van der Waals surface area contributed by atoms with Crippen LogP contribution >= 0.6 is 11.6 Å². The van der Waals surface area contributed by atoms with Crippen molar-refractivity contribution in [1.29, 1.82) is 0 Å². The fourth-order valence-corrected chi connectivity index (χ4v) is 8.12. The Kier molecular flexibility index (Phi) is 5.85. The van der Waals surface area contributed by atoms with E-state index in [-0.39, 0.29) is 27.3 Å². The molecule has 0 bridgehead atoms. The first-order valence-electron chi connectivity index (χ1n) is 12.7. The van der Waals surface area contributed by atoms with Crippen LogP contribution in [0.1, 0.15) is 56.6 Å². The number of sulfone groups is 1. The van der Waals surface area contributed by atoms with Crippen LogP contribution in [0.2, 0.25) is 5.02 Å². The van der Waals surface area contributed by atoms with Gasteiger partial charge in [-0.05, 0) is 93.8 Å². The van der Waals surface area contributed by atoms with Crippen LogP contribution in [0.5, 0.6) is 0 Å². The second-order valence-corrected chi connectivity index (χ2v) is 13.1. The zero-order valence-corrected chi connectivity index (χ0v) is 21.8. The van der Waals surface area contributed by atoms with E-state index in [1.807, 2.05) is 6.92 Å². The average Bonchev–Trinajstić information content (AvgIpc) is 3.54. The minimum atomic E-state index is -3.38. The van der Waals surface area contributed by atoms with Crippen LogP contribution in [-0.4, -0.2) is 41.3 Å². The maximum atomic E-state index is 13.2. The molecule has 36 heavy (non-hydrogen) atoms. The second kappa shape index (κ2) is 8.82. The Bertz CT molecular complexity index is 1510. The van der Waals surface area contributed by atoms with E-state index in [0.29, 0.717) is 29.3 Å². The van der Waals surface area contributed by atoms with Crippen molar-refractivity contribution in [2.75, 3.05) is 18.4 Å². The van der Waals surface area contributed by atoms with Gasteiger partial charge in [0.25, 0.3) is 5.56 Å². The molecule has 3 heterocycles. The highest BCUT2D eigenvalue weighted by Gasteiger charge is 2.53. The minimum Gasteiger partial charge on any atom is -0.324 e. The first-order chi connectivity index (χ1) is 17.3. The summed E-state index contributed by atoms with van der Waals surface area (Å²) < 4.78 is 28.0. The summed E-state index contributed by atoms with van der Waals surface area (Å²) in [6.45, 7) is 3.32. The zero-order valence-electron chi connectivity index (χ0n) is 20.3. The largest absolute Gasteiger partial charge is 0.324 e. The number of hydrogen-bond donors (Lipinski definition) is 2. The standard InChI is InChI=1S/C26H30ClN5O3S/c1-16-13-19(36(34,35)18-6-11-28-12-7-18)4-5-21(16)30-25-29-15-17-14-20(27)24(33)32(23(17)31-25)22-3-2-8-26(22)9-10-26/h4-5,13-15,18,22,28H,2-3,6-12H2,1H3,(H,29,30,31). The molecule has 8 nitrogen and oxygen atoms in total. The second-order valence-electron chi connectivity index (χ2n) is 10.5. The number of nitrogens with one attached hydrogen (secondary N) is 2. The van der Waals surface area contributed by atoms with Gasteiger partial charge in [0.1, 0.15) is 10.7 Å². The van der Waals surface area contributed by atoms with Crippen LogP contribution in [0.15, 0.2) is 40.2 Å². The van der Waals surface area contributed by atoms with E-state index in [4.69, 9.17) is 16.6 Å². The molecule has 1 saturated heterocycles. The molecule has 2 saturated carbocycles. The number of nitrogens with zero attached hydrogens (tertiary/aromatic N) is 3. The molecular formula is C26H30ClN5O3S. The molecule has 6 rings (SSSR count). The third-order valence-corrected chi connectivity index (χ3v) is 10.8. The van der Waals surface area contributed by atoms with Gasteiger partial charge in [-0.1, -0.05) is 18.0 Å². The summed E-state index contributed by atoms with van der Waals surface area (Å²) in [5.41, 5.74) is 2.10. The van der Waals surface area contributed by atoms with Crippen molar-refractivity contribution < 1.29 is 8.42 Å². The maximum Gasteiger partial charge on any atom is 0.271 e. The van der Waals surface area contributed by atoms with E-state index in [0.717, 1.165) is 61.8 Å². The van der Waals surface area contributed by atoms with Gasteiger partial charge in [0.05, 0.1) is 10.1 Å². The van der Waals surface area contributed by atoms with Gasteiger partial charge >= 0.3 is 0 Å². The number of pyridine rings is 1. The third-order valence-electron chi connectivity index (χ3n) is 8.29. The lowest BCUT2D eigenvalue weighted by atomic mass is 10.00. The molecule has 1 atom stereocenters. The molecule has 1 unspecified atom stereocenters. The molecule has 3 aliphatic rings. The van der Waals surface area contributed by atoms with Crippen LogP contribution < -0.4 is 16.2 Å². The van der Waals surface area contributed by atoms with Crippen molar-refractivity contribution in [3.8, 4) is 0 Å². The van der Waals surface area contributed by atoms with Crippen LogP contribution in [0, 0.1) is 12.3 Å². The molecule has 190 valence electrons. The highest BCUT2D eigenvalue weighted by atomic mass is 35.5. The van der Waals surface area contributed by atoms with Crippen molar-refractivity contribution in [3.63, 3.8) is 0 Å². The first-order valence-corrected chi connectivity index (χ1v) is 14.6. The molecule has 1 spiro atoms. The van der Waals surface area contributed by atoms with Gasteiger partial charge in [0.2, 0.25) is 5.95 Å². The molecule has 1 aliphatic heterocycles. The molecule has 0 amide bonds. The van der Waals surface area contributed by atoms with Gasteiger partial charge in [-0.25, -0.2) is 13.4 Å². The topological polar surface area (TPSA) is 106 Å². The Balaban J connectivity index is 1.34. The number of piperidine rings is 1. The van der Waals surface area contributed by atoms with Gasteiger partial charge in [-0.3, -0.25) is 9.36 Å². The normalized spacial score (nSPS) is 21.8. The van der Waals surface area contributed by atoms with Crippen molar-refractivity contribution in [3.05, 3.63) is 51.4 Å². The lowest BCUT2D eigenvalue weighted by Gasteiger charge is -2.23. The molecule has 2 aromatic heterocycles. The number of aromatic nitrogens is 3. The molecule has 0 radical (unpaired) electrons. The van der Waals surface area contributed by atoms with Gasteiger partial charge in [-0.15, -0.1) is 0 Å². The summed E-state index contributed by atoms with van der Waals surface area (Å²) in [5.74, 6) is 0.359. The van der Waals surface area contributed by atoms with E-state index < -0.39 is 9.84 Å². The van der Waals surface area contributed by atoms with Crippen molar-refractivity contribution in [2.24, 2.45) is 5.41 Å². The fraction of sp³-hybridized carbons (Fsp3) is 0.500. The predicted octanol–water partition coefficient (Wildman–Crippen LogP) is 4.53. The lowest BCUT2D eigenvalue weighted by molar-refractivity contribution is 0.358. The van der Waals surface area contributed by atoms with Crippen molar-refractivity contribution >= 4 is 44.1 Å². The van der Waals surface area contributed by atoms with Gasteiger partial charge in [0.15, 0.2) is 9.84 Å². The number of aryl methyl sites for hydroxylation is 1. The van der Waals surface area contributed by atoms with Crippen molar-refractivity contribution in [2.45, 2.75) is 68.1 Å². The van der Waals surface area contributed by atoms with E-state index >= 15 is 0 Å². The number of benzene rings is 1. The molecule has 2 N–H and O–H groups in total. The Morgan fingerprint density at radius 3 is 2.64 bits per heavy atom. The maximum absolute atomic E-state index is 13.2. The Labute approximate surface area is 215 Å². The van der Waals surface area contributed by atoms with E-state index in [2.05, 4.69) is 15.6 Å². The summed E-state index contributed by atoms with van der Waals surface area (Å²) in [7, 11) is -3.38. The Hall–Kier alpha value is -2.49. The lowest BCUT2D eigenvalue weighted by Crippen LogP contribution is -2.35. The van der Waals surface area contributed by atoms with E-state index in [1.54, 1.807) is 35.0 Å². The SMILES string of the molecule is Cc1cc(S(=O)(=O)C2CCNCC2)ccc1Nc1ncc2cc(Cl)c(=O)n(C3CCCC34CC4)c2n1. The number of rotatable bonds is 5. The highest BCUT2D eigenvalue weighted by Crippen LogP contribution is 2.63. The van der Waals surface area contributed by atoms with Crippen LogP contribution in [0.3, 0.4) is 0 Å². The fourth-order valence-electron chi connectivity index (χ4n) is 6.07. The molecule has 3 fully saturated rings. The van der Waals surface area contributed by atoms with Gasteiger partial charge in [0, 0.05) is 23.3 Å². The number of hydrogen-bond acceptors (Lipinski definition) is 7. The first kappa shape index (κ1) is 23.9. The number of fused-ring (bicyclic) bond motifs is 1. The summed E-state index contributed by atoms with van der Waals surface area (Å²) in [5, 5.41) is 7.02. The summed E-state index contributed by atoms with van der Waals surface area (Å²) in [6.07, 6.45) is 8.41.